The lowest BCUT2D eigenvalue weighted by Gasteiger charge is -2.48. The predicted octanol–water partition coefficient (Wildman–Crippen LogP) is 4.42. The molecule has 0 nitrogen and oxygen atoms in total. The van der Waals surface area contributed by atoms with E-state index in [0.29, 0.717) is 0 Å². The molecule has 4 aliphatic rings. The van der Waals surface area contributed by atoms with Gasteiger partial charge in [-0.05, 0) is 55.8 Å². The minimum atomic E-state index is 0.788. The highest BCUT2D eigenvalue weighted by molar-refractivity contribution is 5.30. The largest absolute Gasteiger partial charge is 0.0801 e. The standard InChI is InChI=1S/C17H22/c1-2-6-14-12(4-1)8-10-17-15-7-3-5-13(15)9-11-16(14)17/h2,4,6,13-17H,3,5,7-11H2. The van der Waals surface area contributed by atoms with Crippen molar-refractivity contribution in [1.29, 1.82) is 0 Å². The third-order valence-electron chi connectivity index (χ3n) is 6.01. The Morgan fingerprint density at radius 1 is 0.941 bits per heavy atom. The van der Waals surface area contributed by atoms with Crippen molar-refractivity contribution >= 4 is 0 Å². The third kappa shape index (κ3) is 1.56. The Kier molecular flexibility index (Phi) is 2.45. The minimum absolute atomic E-state index is 0.788. The summed E-state index contributed by atoms with van der Waals surface area (Å²) in [5.41, 5.74) is 1.69. The molecule has 0 bridgehead atoms. The van der Waals surface area contributed by atoms with E-state index in [-0.39, 0.29) is 0 Å². The SMILES string of the molecule is [C]1C=CC2C(=C1)CCC1C3CCCC3CCC21. The molecule has 17 heavy (non-hydrogen) atoms. The molecule has 0 amide bonds. The summed E-state index contributed by atoms with van der Waals surface area (Å²) >= 11 is 0. The minimum Gasteiger partial charge on any atom is -0.0801 e. The first-order valence-corrected chi connectivity index (χ1v) is 7.55. The second-order valence-corrected chi connectivity index (χ2v) is 6.57. The highest BCUT2D eigenvalue weighted by atomic mass is 14.5. The fraction of sp³-hybridized carbons (Fsp3) is 0.706. The molecule has 0 spiro atoms. The summed E-state index contributed by atoms with van der Waals surface area (Å²) < 4.78 is 0. The van der Waals surface area contributed by atoms with Crippen LogP contribution in [0.1, 0.15) is 44.9 Å². The van der Waals surface area contributed by atoms with Crippen LogP contribution in [0.5, 0.6) is 0 Å². The zero-order chi connectivity index (χ0) is 11.2. The summed E-state index contributed by atoms with van der Waals surface area (Å²) in [6.07, 6.45) is 20.6. The number of allylic oxidation sites excluding steroid dienone is 4. The van der Waals surface area contributed by atoms with Crippen LogP contribution in [0.25, 0.3) is 0 Å². The van der Waals surface area contributed by atoms with Gasteiger partial charge in [0.1, 0.15) is 0 Å². The molecule has 3 saturated carbocycles. The number of hydrogen-bond acceptors (Lipinski definition) is 0. The monoisotopic (exact) mass is 226 g/mol. The molecule has 0 saturated heterocycles. The van der Waals surface area contributed by atoms with Gasteiger partial charge >= 0.3 is 0 Å². The smallest absolute Gasteiger partial charge is 0.0340 e. The van der Waals surface area contributed by atoms with Crippen LogP contribution in [0.15, 0.2) is 23.8 Å². The molecule has 90 valence electrons. The molecule has 4 aliphatic carbocycles. The average molecular weight is 226 g/mol. The maximum absolute atomic E-state index is 3.28. The zero-order valence-electron chi connectivity index (χ0n) is 10.6. The van der Waals surface area contributed by atoms with E-state index in [9.17, 15) is 0 Å². The molecule has 0 heteroatoms. The van der Waals surface area contributed by atoms with Crippen LogP contribution >= 0.6 is 0 Å². The molecule has 4 rings (SSSR count). The van der Waals surface area contributed by atoms with Crippen LogP contribution in [-0.2, 0) is 0 Å². The van der Waals surface area contributed by atoms with Crippen molar-refractivity contribution in [2.24, 2.45) is 29.6 Å². The van der Waals surface area contributed by atoms with Gasteiger partial charge in [0, 0.05) is 12.3 Å². The second-order valence-electron chi connectivity index (χ2n) is 6.57. The Bertz CT molecular complexity index is 362. The molecule has 0 heterocycles. The third-order valence-corrected chi connectivity index (χ3v) is 6.01. The van der Waals surface area contributed by atoms with Crippen LogP contribution in [0.2, 0.25) is 0 Å². The van der Waals surface area contributed by atoms with E-state index in [1.54, 1.807) is 18.4 Å². The lowest BCUT2D eigenvalue weighted by Crippen LogP contribution is -2.39. The molecule has 0 aromatic carbocycles. The Balaban J connectivity index is 1.63. The summed E-state index contributed by atoms with van der Waals surface area (Å²) in [4.78, 5) is 0. The van der Waals surface area contributed by atoms with Crippen LogP contribution in [0.3, 0.4) is 0 Å². The van der Waals surface area contributed by atoms with Gasteiger partial charge in [-0.15, -0.1) is 0 Å². The molecule has 3 fully saturated rings. The number of rotatable bonds is 0. The Hall–Kier alpha value is -0.520. The summed E-state index contributed by atoms with van der Waals surface area (Å²) in [6.45, 7) is 0. The first-order valence-electron chi connectivity index (χ1n) is 7.55. The molecule has 0 aromatic heterocycles. The topological polar surface area (TPSA) is 0 Å². The van der Waals surface area contributed by atoms with Gasteiger partial charge in [0.05, 0.1) is 0 Å². The molecule has 0 N–H and O–H groups in total. The van der Waals surface area contributed by atoms with Gasteiger partial charge in [-0.25, -0.2) is 0 Å². The molecule has 2 radical (unpaired) electrons. The summed E-state index contributed by atoms with van der Waals surface area (Å²) in [7, 11) is 0. The number of fused-ring (bicyclic) bond motifs is 5. The van der Waals surface area contributed by atoms with Gasteiger partial charge in [-0.1, -0.05) is 36.6 Å². The lowest BCUT2D eigenvalue weighted by molar-refractivity contribution is 0.0675. The van der Waals surface area contributed by atoms with E-state index in [0.717, 1.165) is 29.6 Å². The highest BCUT2D eigenvalue weighted by Gasteiger charge is 2.46. The Labute approximate surface area is 105 Å². The summed E-state index contributed by atoms with van der Waals surface area (Å²) in [5, 5.41) is 0. The van der Waals surface area contributed by atoms with Crippen LogP contribution < -0.4 is 0 Å². The maximum atomic E-state index is 3.28. The van der Waals surface area contributed by atoms with E-state index in [2.05, 4.69) is 24.6 Å². The van der Waals surface area contributed by atoms with Crippen molar-refractivity contribution < 1.29 is 0 Å². The highest BCUT2D eigenvalue weighted by Crippen LogP contribution is 2.55. The van der Waals surface area contributed by atoms with E-state index >= 15 is 0 Å². The molecule has 5 unspecified atom stereocenters. The van der Waals surface area contributed by atoms with Gasteiger partial charge in [0.2, 0.25) is 0 Å². The normalized spacial score (nSPS) is 48.0. The van der Waals surface area contributed by atoms with Crippen molar-refractivity contribution in [2.45, 2.75) is 44.9 Å². The molecular formula is C17H22. The van der Waals surface area contributed by atoms with Crippen molar-refractivity contribution in [3.63, 3.8) is 0 Å². The molecular weight excluding hydrogens is 204 g/mol. The summed E-state index contributed by atoms with van der Waals surface area (Å²) in [6, 6.07) is 0. The average Bonchev–Trinajstić information content (AvgIpc) is 2.86. The van der Waals surface area contributed by atoms with Crippen LogP contribution in [0.4, 0.5) is 0 Å². The van der Waals surface area contributed by atoms with Crippen molar-refractivity contribution in [1.82, 2.24) is 0 Å². The van der Waals surface area contributed by atoms with Crippen molar-refractivity contribution in [3.05, 3.63) is 30.2 Å². The first kappa shape index (κ1) is 10.4. The molecule has 0 aliphatic heterocycles. The fourth-order valence-corrected chi connectivity index (χ4v) is 5.32. The quantitative estimate of drug-likeness (QED) is 0.573. The summed E-state index contributed by atoms with van der Waals surface area (Å²) in [5.74, 6) is 5.02. The molecule has 5 atom stereocenters. The van der Waals surface area contributed by atoms with Gasteiger partial charge in [0.25, 0.3) is 0 Å². The van der Waals surface area contributed by atoms with Crippen LogP contribution in [-0.4, -0.2) is 0 Å². The molecule has 0 aromatic rings. The van der Waals surface area contributed by atoms with Crippen molar-refractivity contribution in [2.75, 3.05) is 0 Å². The first-order chi connectivity index (χ1) is 8.43. The van der Waals surface area contributed by atoms with Crippen LogP contribution in [0, 0.1) is 36.0 Å². The van der Waals surface area contributed by atoms with Gasteiger partial charge in [0.15, 0.2) is 0 Å². The van der Waals surface area contributed by atoms with E-state index < -0.39 is 0 Å². The Morgan fingerprint density at radius 3 is 2.94 bits per heavy atom. The van der Waals surface area contributed by atoms with Gasteiger partial charge in [-0.2, -0.15) is 0 Å². The van der Waals surface area contributed by atoms with Gasteiger partial charge < -0.3 is 0 Å². The van der Waals surface area contributed by atoms with E-state index in [1.165, 1.54) is 32.1 Å². The lowest BCUT2D eigenvalue weighted by atomic mass is 9.57. The Morgan fingerprint density at radius 2 is 1.94 bits per heavy atom. The zero-order valence-corrected chi connectivity index (χ0v) is 10.6. The van der Waals surface area contributed by atoms with E-state index in [1.807, 2.05) is 0 Å². The van der Waals surface area contributed by atoms with E-state index in [4.69, 9.17) is 0 Å². The van der Waals surface area contributed by atoms with Gasteiger partial charge in [-0.3, -0.25) is 0 Å². The van der Waals surface area contributed by atoms with Crippen molar-refractivity contribution in [3.8, 4) is 0 Å². The number of hydrogen-bond donors (Lipinski definition) is 0. The second kappa shape index (κ2) is 4.00. The fourth-order valence-electron chi connectivity index (χ4n) is 5.32. The predicted molar refractivity (Wildman–Crippen MR) is 70.2 cm³/mol. The maximum Gasteiger partial charge on any atom is 0.0340 e.